The molecule has 0 bridgehead atoms. The van der Waals surface area contributed by atoms with Crippen LogP contribution in [0.1, 0.15) is 41.3 Å². The first kappa shape index (κ1) is 22.3. The Morgan fingerprint density at radius 3 is 2.24 bits per heavy atom. The van der Waals surface area contributed by atoms with Gasteiger partial charge in [-0.1, -0.05) is 80.1 Å². The Morgan fingerprint density at radius 1 is 0.909 bits per heavy atom. The number of rotatable bonds is 8. The molecule has 3 aromatic rings. The Labute approximate surface area is 193 Å². The third-order valence-electron chi connectivity index (χ3n) is 5.69. The minimum Gasteiger partial charge on any atom is -0.430 e. The van der Waals surface area contributed by atoms with Crippen LogP contribution in [-0.4, -0.2) is 24.3 Å². The van der Waals surface area contributed by atoms with Crippen molar-refractivity contribution in [3.8, 4) is 0 Å². The summed E-state index contributed by atoms with van der Waals surface area (Å²) in [5.41, 5.74) is -0.00390. The van der Waals surface area contributed by atoms with Gasteiger partial charge in [-0.3, -0.25) is 9.59 Å². The minimum absolute atomic E-state index is 0.254. The molecule has 0 fully saturated rings. The van der Waals surface area contributed by atoms with Crippen molar-refractivity contribution < 1.29 is 19.1 Å². The van der Waals surface area contributed by atoms with Crippen LogP contribution in [0.2, 0.25) is 0 Å². The zero-order chi connectivity index (χ0) is 23.3. The number of anilines is 1. The first-order valence-electron chi connectivity index (χ1n) is 11.1. The lowest BCUT2D eigenvalue weighted by Crippen LogP contribution is -2.54. The standard InChI is InChI=1S/C27H26N2O4/c1-2-3-18-28-25(31)27(33-24(30)21-14-8-5-9-15-21)22-16-10-11-17-23(22)29(26(27)32)19-20-12-6-4-7-13-20/h4-17H,2-3,18-19H2,1H3,(H,28,31). The van der Waals surface area contributed by atoms with Crippen molar-refractivity contribution >= 4 is 23.5 Å². The molecular formula is C27H26N2O4. The second-order valence-electron chi connectivity index (χ2n) is 7.94. The first-order chi connectivity index (χ1) is 16.1. The molecule has 0 saturated carbocycles. The summed E-state index contributed by atoms with van der Waals surface area (Å²) in [5, 5.41) is 2.82. The molecule has 33 heavy (non-hydrogen) atoms. The Bertz CT molecular complexity index is 1150. The quantitative estimate of drug-likeness (QED) is 0.322. The van der Waals surface area contributed by atoms with Crippen LogP contribution in [0.5, 0.6) is 0 Å². The van der Waals surface area contributed by atoms with Gasteiger partial charge >= 0.3 is 5.97 Å². The van der Waals surface area contributed by atoms with Crippen molar-refractivity contribution in [3.63, 3.8) is 0 Å². The Balaban J connectivity index is 1.78. The van der Waals surface area contributed by atoms with E-state index < -0.39 is 23.4 Å². The molecule has 0 aliphatic carbocycles. The molecule has 6 nitrogen and oxygen atoms in total. The van der Waals surface area contributed by atoms with Gasteiger partial charge in [0.25, 0.3) is 17.4 Å². The zero-order valence-corrected chi connectivity index (χ0v) is 18.5. The van der Waals surface area contributed by atoms with Crippen molar-refractivity contribution in [3.05, 3.63) is 102 Å². The SMILES string of the molecule is CCCCNC(=O)C1(OC(=O)c2ccccc2)C(=O)N(Cc2ccccc2)c2ccccc21. The van der Waals surface area contributed by atoms with Crippen LogP contribution in [0, 0.1) is 0 Å². The van der Waals surface area contributed by atoms with E-state index in [2.05, 4.69) is 5.32 Å². The van der Waals surface area contributed by atoms with Crippen molar-refractivity contribution in [1.82, 2.24) is 5.32 Å². The lowest BCUT2D eigenvalue weighted by molar-refractivity contribution is -0.153. The summed E-state index contributed by atoms with van der Waals surface area (Å²) >= 11 is 0. The number of esters is 1. The number of benzene rings is 3. The Morgan fingerprint density at radius 2 is 1.55 bits per heavy atom. The number of para-hydroxylation sites is 1. The number of carbonyl (C=O) groups is 3. The monoisotopic (exact) mass is 442 g/mol. The summed E-state index contributed by atoms with van der Waals surface area (Å²) in [6.07, 6.45) is 1.62. The van der Waals surface area contributed by atoms with Gasteiger partial charge in [0.15, 0.2) is 0 Å². The number of unbranched alkanes of at least 4 members (excludes halogenated alkanes) is 1. The van der Waals surface area contributed by atoms with E-state index in [1.54, 1.807) is 54.6 Å². The average molecular weight is 443 g/mol. The number of fused-ring (bicyclic) bond motifs is 1. The highest BCUT2D eigenvalue weighted by molar-refractivity contribution is 6.21. The normalized spacial score (nSPS) is 16.9. The van der Waals surface area contributed by atoms with Crippen LogP contribution < -0.4 is 10.2 Å². The topological polar surface area (TPSA) is 75.7 Å². The van der Waals surface area contributed by atoms with E-state index in [4.69, 9.17) is 4.74 Å². The van der Waals surface area contributed by atoms with Gasteiger partial charge < -0.3 is 15.0 Å². The molecule has 6 heteroatoms. The molecule has 168 valence electrons. The molecule has 3 aromatic carbocycles. The molecule has 1 aliphatic rings. The number of carbonyl (C=O) groups excluding carboxylic acids is 3. The van der Waals surface area contributed by atoms with E-state index in [9.17, 15) is 14.4 Å². The molecule has 1 unspecified atom stereocenters. The number of nitrogens with zero attached hydrogens (tertiary/aromatic N) is 1. The van der Waals surface area contributed by atoms with E-state index in [-0.39, 0.29) is 12.1 Å². The van der Waals surface area contributed by atoms with E-state index in [0.29, 0.717) is 17.8 Å². The van der Waals surface area contributed by atoms with Crippen LogP contribution >= 0.6 is 0 Å². The van der Waals surface area contributed by atoms with Crippen LogP contribution in [-0.2, 0) is 26.5 Å². The van der Waals surface area contributed by atoms with Gasteiger partial charge in [-0.15, -0.1) is 0 Å². The molecule has 0 spiro atoms. The van der Waals surface area contributed by atoms with Gasteiger partial charge in [-0.2, -0.15) is 0 Å². The summed E-state index contributed by atoms with van der Waals surface area (Å²) in [5.74, 6) is -1.94. The molecule has 1 N–H and O–H groups in total. The third-order valence-corrected chi connectivity index (χ3v) is 5.69. The lowest BCUT2D eigenvalue weighted by atomic mass is 9.93. The molecule has 0 radical (unpaired) electrons. The van der Waals surface area contributed by atoms with Crippen LogP contribution in [0.25, 0.3) is 0 Å². The summed E-state index contributed by atoms with van der Waals surface area (Å²) in [6, 6.07) is 24.9. The van der Waals surface area contributed by atoms with E-state index in [0.717, 1.165) is 18.4 Å². The first-order valence-corrected chi connectivity index (χ1v) is 11.1. The molecule has 0 saturated heterocycles. The molecule has 0 aromatic heterocycles. The molecular weight excluding hydrogens is 416 g/mol. The fraction of sp³-hybridized carbons (Fsp3) is 0.222. The van der Waals surface area contributed by atoms with Gasteiger partial charge in [0.2, 0.25) is 0 Å². The molecule has 2 amide bonds. The Hall–Kier alpha value is -3.93. The van der Waals surface area contributed by atoms with Crippen LogP contribution in [0.15, 0.2) is 84.9 Å². The van der Waals surface area contributed by atoms with Crippen molar-refractivity contribution in [2.24, 2.45) is 0 Å². The number of nitrogens with one attached hydrogen (secondary N) is 1. The third kappa shape index (κ3) is 4.24. The van der Waals surface area contributed by atoms with Gasteiger partial charge in [0, 0.05) is 12.1 Å². The molecule has 1 atom stereocenters. The summed E-state index contributed by atoms with van der Waals surface area (Å²) in [7, 11) is 0. The highest BCUT2D eigenvalue weighted by atomic mass is 16.6. The fourth-order valence-electron chi connectivity index (χ4n) is 3.98. The molecule has 1 aliphatic heterocycles. The second-order valence-corrected chi connectivity index (χ2v) is 7.94. The second kappa shape index (κ2) is 9.69. The van der Waals surface area contributed by atoms with Gasteiger partial charge in [-0.25, -0.2) is 4.79 Å². The van der Waals surface area contributed by atoms with Crippen LogP contribution in [0.3, 0.4) is 0 Å². The number of hydrogen-bond acceptors (Lipinski definition) is 4. The average Bonchev–Trinajstić information content (AvgIpc) is 3.09. The van der Waals surface area contributed by atoms with Crippen molar-refractivity contribution in [2.45, 2.75) is 31.9 Å². The van der Waals surface area contributed by atoms with Crippen LogP contribution in [0.4, 0.5) is 5.69 Å². The maximum Gasteiger partial charge on any atom is 0.340 e. The molecule has 1 heterocycles. The van der Waals surface area contributed by atoms with Crippen molar-refractivity contribution in [1.29, 1.82) is 0 Å². The predicted octanol–water partition coefficient (Wildman–Crippen LogP) is 4.20. The maximum absolute atomic E-state index is 13.9. The smallest absolute Gasteiger partial charge is 0.340 e. The summed E-state index contributed by atoms with van der Waals surface area (Å²) in [6.45, 7) is 2.65. The van der Waals surface area contributed by atoms with Gasteiger partial charge in [0.05, 0.1) is 17.8 Å². The lowest BCUT2D eigenvalue weighted by Gasteiger charge is -2.27. The van der Waals surface area contributed by atoms with E-state index in [1.165, 1.54) is 4.90 Å². The van der Waals surface area contributed by atoms with E-state index >= 15 is 0 Å². The van der Waals surface area contributed by atoms with Crippen molar-refractivity contribution in [2.75, 3.05) is 11.4 Å². The minimum atomic E-state index is -2.09. The summed E-state index contributed by atoms with van der Waals surface area (Å²) in [4.78, 5) is 42.1. The number of amides is 2. The predicted molar refractivity (Wildman–Crippen MR) is 126 cm³/mol. The maximum atomic E-state index is 13.9. The zero-order valence-electron chi connectivity index (χ0n) is 18.5. The Kier molecular flexibility index (Phi) is 6.54. The fourth-order valence-corrected chi connectivity index (χ4v) is 3.98. The van der Waals surface area contributed by atoms with Gasteiger partial charge in [-0.05, 0) is 30.2 Å². The number of ether oxygens (including phenoxy) is 1. The highest BCUT2D eigenvalue weighted by Crippen LogP contribution is 2.44. The molecule has 4 rings (SSSR count). The summed E-state index contributed by atoms with van der Waals surface area (Å²) < 4.78 is 5.84. The van der Waals surface area contributed by atoms with E-state index in [1.807, 2.05) is 37.3 Å². The number of hydrogen-bond donors (Lipinski definition) is 1. The largest absolute Gasteiger partial charge is 0.430 e. The highest BCUT2D eigenvalue weighted by Gasteiger charge is 2.59. The van der Waals surface area contributed by atoms with Gasteiger partial charge in [0.1, 0.15) is 0 Å².